The van der Waals surface area contributed by atoms with E-state index in [1.165, 1.54) is 10.8 Å². The predicted molar refractivity (Wildman–Crippen MR) is 135 cm³/mol. The van der Waals surface area contributed by atoms with Gasteiger partial charge in [-0.2, -0.15) is 0 Å². The van der Waals surface area contributed by atoms with Gasteiger partial charge in [0.25, 0.3) is 0 Å². The highest BCUT2D eigenvalue weighted by atomic mass is 28.3. The zero-order valence-electron chi connectivity index (χ0n) is 18.8. The molecule has 0 aromatic heterocycles. The molecule has 31 heavy (non-hydrogen) atoms. The number of hydrogen-bond donors (Lipinski definition) is 0. The number of fused-ring (bicyclic) bond motifs is 4. The molecule has 1 heterocycles. The van der Waals surface area contributed by atoms with Gasteiger partial charge in [-0.1, -0.05) is 63.5 Å². The maximum Gasteiger partial charge on any atom is 0.346 e. The number of carbonyl (C=O) groups is 2. The van der Waals surface area contributed by atoms with E-state index in [1.54, 1.807) is 0 Å². The van der Waals surface area contributed by atoms with Crippen LogP contribution in [0.25, 0.3) is 32.3 Å². The van der Waals surface area contributed by atoms with Crippen LogP contribution in [-0.4, -0.2) is 28.1 Å². The fourth-order valence-electron chi connectivity index (χ4n) is 5.08. The summed E-state index contributed by atoms with van der Waals surface area (Å²) >= 11 is 0. The van der Waals surface area contributed by atoms with Crippen LogP contribution in [0.15, 0.2) is 48.5 Å². The van der Waals surface area contributed by atoms with Crippen LogP contribution in [0.2, 0.25) is 39.3 Å². The Morgan fingerprint density at radius 3 is 1.32 bits per heavy atom. The first kappa shape index (κ1) is 20.2. The first-order valence-corrected chi connectivity index (χ1v) is 17.7. The average molecular weight is 443 g/mol. The highest BCUT2D eigenvalue weighted by Gasteiger charge is 2.42. The molecule has 156 valence electrons. The normalized spacial score (nSPS) is 14.5. The summed E-state index contributed by atoms with van der Waals surface area (Å²) in [6.07, 6.45) is 0. The molecule has 0 atom stereocenters. The number of esters is 2. The SMILES string of the molecule is C[Si](C)(C)c1c2c(c([Si](C)(C)C)c3cc4cc5ccccc5cc4cc13)C(=O)OC2=O. The van der Waals surface area contributed by atoms with E-state index in [-0.39, 0.29) is 0 Å². The summed E-state index contributed by atoms with van der Waals surface area (Å²) in [7, 11) is -3.97. The van der Waals surface area contributed by atoms with Crippen molar-refractivity contribution in [3.63, 3.8) is 0 Å². The van der Waals surface area contributed by atoms with Crippen molar-refractivity contribution in [2.45, 2.75) is 39.3 Å². The van der Waals surface area contributed by atoms with Crippen molar-refractivity contribution in [3.8, 4) is 0 Å². The van der Waals surface area contributed by atoms with Crippen LogP contribution in [0, 0.1) is 0 Å². The van der Waals surface area contributed by atoms with Gasteiger partial charge in [-0.3, -0.25) is 0 Å². The van der Waals surface area contributed by atoms with Gasteiger partial charge in [-0.05, 0) is 67.0 Å². The molecular weight excluding hydrogens is 416 g/mol. The Labute approximate surface area is 184 Å². The Bertz CT molecular complexity index is 1340. The van der Waals surface area contributed by atoms with Gasteiger partial charge in [-0.15, -0.1) is 0 Å². The number of carbonyl (C=O) groups excluding carboxylic acids is 2. The van der Waals surface area contributed by atoms with E-state index < -0.39 is 28.1 Å². The molecule has 0 bridgehead atoms. The lowest BCUT2D eigenvalue weighted by atomic mass is 9.96. The van der Waals surface area contributed by atoms with Gasteiger partial charge in [0.05, 0.1) is 27.3 Å². The maximum atomic E-state index is 12.9. The van der Waals surface area contributed by atoms with Crippen molar-refractivity contribution in [1.82, 2.24) is 0 Å². The molecular formula is C26H26O3Si2. The van der Waals surface area contributed by atoms with Gasteiger partial charge in [-0.25, -0.2) is 9.59 Å². The van der Waals surface area contributed by atoms with Crippen molar-refractivity contribution < 1.29 is 14.3 Å². The molecule has 4 aromatic rings. The highest BCUT2D eigenvalue weighted by molar-refractivity contribution is 6.94. The minimum absolute atomic E-state index is 0.475. The van der Waals surface area contributed by atoms with Gasteiger partial charge < -0.3 is 4.74 Å². The first-order valence-electron chi connectivity index (χ1n) is 10.7. The van der Waals surface area contributed by atoms with E-state index in [4.69, 9.17) is 4.74 Å². The quantitative estimate of drug-likeness (QED) is 0.177. The fourth-order valence-corrected chi connectivity index (χ4v) is 9.06. The summed E-state index contributed by atoms with van der Waals surface area (Å²) in [6, 6.07) is 17.3. The molecule has 4 aromatic carbocycles. The van der Waals surface area contributed by atoms with E-state index in [0.717, 1.165) is 31.9 Å². The minimum atomic E-state index is -1.99. The summed E-state index contributed by atoms with van der Waals surface area (Å²) < 4.78 is 5.20. The molecule has 0 aliphatic carbocycles. The van der Waals surface area contributed by atoms with Crippen LogP contribution in [0.5, 0.6) is 0 Å². The van der Waals surface area contributed by atoms with Crippen LogP contribution in [0.3, 0.4) is 0 Å². The zero-order valence-corrected chi connectivity index (χ0v) is 20.8. The Kier molecular flexibility index (Phi) is 4.14. The number of rotatable bonds is 2. The van der Waals surface area contributed by atoms with E-state index in [9.17, 15) is 9.59 Å². The topological polar surface area (TPSA) is 43.4 Å². The van der Waals surface area contributed by atoms with Crippen LogP contribution < -0.4 is 10.4 Å². The second kappa shape index (κ2) is 6.37. The highest BCUT2D eigenvalue weighted by Crippen LogP contribution is 2.33. The third-order valence-electron chi connectivity index (χ3n) is 6.22. The Hall–Kier alpha value is -2.77. The number of cyclic esters (lactones) is 2. The van der Waals surface area contributed by atoms with Gasteiger partial charge in [0, 0.05) is 0 Å². The summed E-state index contributed by atoms with van der Waals surface area (Å²) in [6.45, 7) is 13.4. The lowest BCUT2D eigenvalue weighted by Gasteiger charge is -2.28. The van der Waals surface area contributed by atoms with Gasteiger partial charge in [0.15, 0.2) is 0 Å². The van der Waals surface area contributed by atoms with E-state index in [2.05, 4.69) is 87.8 Å². The van der Waals surface area contributed by atoms with Crippen LogP contribution in [0.4, 0.5) is 0 Å². The molecule has 0 unspecified atom stereocenters. The minimum Gasteiger partial charge on any atom is -0.386 e. The van der Waals surface area contributed by atoms with Crippen molar-refractivity contribution >= 4 is 70.8 Å². The Morgan fingerprint density at radius 2 is 0.968 bits per heavy atom. The van der Waals surface area contributed by atoms with Crippen molar-refractivity contribution in [2.75, 3.05) is 0 Å². The van der Waals surface area contributed by atoms with Crippen molar-refractivity contribution in [3.05, 3.63) is 59.7 Å². The summed E-state index contributed by atoms with van der Waals surface area (Å²) in [5, 5.41) is 9.04. The zero-order chi connectivity index (χ0) is 22.3. The summed E-state index contributed by atoms with van der Waals surface area (Å²) in [5.41, 5.74) is 1.07. The van der Waals surface area contributed by atoms with Crippen LogP contribution in [-0.2, 0) is 4.74 Å². The molecule has 0 N–H and O–H groups in total. The predicted octanol–water partition coefficient (Wildman–Crippen LogP) is 5.55. The molecule has 0 amide bonds. The molecule has 0 spiro atoms. The standard InChI is InChI=1S/C26H26O3Si2/c1-30(2,3)23-19-13-17-11-15-9-7-8-10-16(15)12-18(17)14-20(19)24(31(4,5)6)22-21(23)25(27)29-26(22)28/h7-14H,1-6H3. The molecule has 0 saturated carbocycles. The van der Waals surface area contributed by atoms with Gasteiger partial charge in [0.1, 0.15) is 0 Å². The monoisotopic (exact) mass is 442 g/mol. The third kappa shape index (κ3) is 2.98. The molecule has 0 radical (unpaired) electrons. The van der Waals surface area contributed by atoms with Crippen molar-refractivity contribution in [1.29, 1.82) is 0 Å². The van der Waals surface area contributed by atoms with E-state index in [1.807, 2.05) is 0 Å². The Morgan fingerprint density at radius 1 is 0.581 bits per heavy atom. The molecule has 5 rings (SSSR count). The molecule has 5 heteroatoms. The lowest BCUT2D eigenvalue weighted by Crippen LogP contribution is -2.48. The average Bonchev–Trinajstić information content (AvgIpc) is 2.94. The number of hydrogen-bond acceptors (Lipinski definition) is 3. The molecule has 1 aliphatic heterocycles. The Balaban J connectivity index is 2.07. The largest absolute Gasteiger partial charge is 0.386 e. The molecule has 1 aliphatic rings. The van der Waals surface area contributed by atoms with E-state index in [0.29, 0.717) is 11.1 Å². The summed E-state index contributed by atoms with van der Waals surface area (Å²) in [4.78, 5) is 25.8. The number of benzene rings is 4. The van der Waals surface area contributed by atoms with Gasteiger partial charge >= 0.3 is 11.9 Å². The molecule has 0 fully saturated rings. The first-order chi connectivity index (χ1) is 14.5. The fraction of sp³-hybridized carbons (Fsp3) is 0.231. The van der Waals surface area contributed by atoms with Gasteiger partial charge in [0.2, 0.25) is 0 Å². The van der Waals surface area contributed by atoms with E-state index >= 15 is 0 Å². The molecule has 0 saturated heterocycles. The maximum absolute atomic E-state index is 12.9. The molecule has 3 nitrogen and oxygen atoms in total. The number of ether oxygens (including phenoxy) is 1. The second-order valence-corrected chi connectivity index (χ2v) is 20.6. The lowest BCUT2D eigenvalue weighted by molar-refractivity contribution is 0.0444. The second-order valence-electron chi connectivity index (χ2n) is 10.6. The van der Waals surface area contributed by atoms with Crippen LogP contribution >= 0.6 is 0 Å². The smallest absolute Gasteiger partial charge is 0.346 e. The van der Waals surface area contributed by atoms with Crippen LogP contribution in [0.1, 0.15) is 20.7 Å². The summed E-state index contributed by atoms with van der Waals surface area (Å²) in [5.74, 6) is -0.949. The third-order valence-corrected chi connectivity index (χ3v) is 10.3. The van der Waals surface area contributed by atoms with Crippen molar-refractivity contribution in [2.24, 2.45) is 0 Å².